The number of hydrogen-bond acceptors (Lipinski definition) is 6. The summed E-state index contributed by atoms with van der Waals surface area (Å²) in [7, 11) is 1.47. The van der Waals surface area contributed by atoms with Gasteiger partial charge in [-0.15, -0.1) is 0 Å². The maximum Gasteiger partial charge on any atom is 0.250 e. The van der Waals surface area contributed by atoms with Gasteiger partial charge in [0.2, 0.25) is 0 Å². The van der Waals surface area contributed by atoms with Crippen molar-refractivity contribution in [2.24, 2.45) is 5.10 Å². The third-order valence-electron chi connectivity index (χ3n) is 3.91. The van der Waals surface area contributed by atoms with Crippen LogP contribution >= 0.6 is 11.8 Å². The summed E-state index contributed by atoms with van der Waals surface area (Å²) in [6.07, 6.45) is 1.38. The number of thioether (sulfide) groups is 1. The summed E-state index contributed by atoms with van der Waals surface area (Å²) in [4.78, 5) is 16.6. The van der Waals surface area contributed by atoms with Gasteiger partial charge in [-0.1, -0.05) is 30.0 Å². The van der Waals surface area contributed by atoms with Crippen molar-refractivity contribution < 1.29 is 14.6 Å². The molecular weight excluding hydrogens is 364 g/mol. The van der Waals surface area contributed by atoms with Gasteiger partial charge in [0.1, 0.15) is 0 Å². The van der Waals surface area contributed by atoms with Crippen molar-refractivity contribution in [2.75, 3.05) is 12.9 Å². The summed E-state index contributed by atoms with van der Waals surface area (Å²) in [5.41, 5.74) is 4.87. The summed E-state index contributed by atoms with van der Waals surface area (Å²) in [5, 5.41) is 14.7. The Morgan fingerprint density at radius 3 is 2.93 bits per heavy atom. The number of rotatable bonds is 7. The minimum Gasteiger partial charge on any atom is -0.504 e. The molecule has 2 N–H and O–H groups in total. The lowest BCUT2D eigenvalue weighted by molar-refractivity contribution is -0.118. The predicted molar refractivity (Wildman–Crippen MR) is 107 cm³/mol. The molecule has 27 heavy (non-hydrogen) atoms. The molecule has 3 aromatic rings. The number of hydrazone groups is 1. The average Bonchev–Trinajstić information content (AvgIpc) is 3.05. The number of aryl methyl sites for hydroxylation is 1. The lowest BCUT2D eigenvalue weighted by Gasteiger charge is -2.05. The molecule has 0 aliphatic rings. The second-order valence-electron chi connectivity index (χ2n) is 5.61. The van der Waals surface area contributed by atoms with Crippen molar-refractivity contribution in [3.63, 3.8) is 0 Å². The van der Waals surface area contributed by atoms with Gasteiger partial charge in [0.05, 0.1) is 30.1 Å². The lowest BCUT2D eigenvalue weighted by Crippen LogP contribution is -2.20. The maximum atomic E-state index is 12.1. The van der Waals surface area contributed by atoms with Crippen LogP contribution in [0.25, 0.3) is 11.0 Å². The van der Waals surface area contributed by atoms with Gasteiger partial charge in [0.25, 0.3) is 5.91 Å². The Labute approximate surface area is 161 Å². The highest BCUT2D eigenvalue weighted by atomic mass is 32.2. The van der Waals surface area contributed by atoms with Crippen LogP contribution in [0.1, 0.15) is 12.5 Å². The quantitative estimate of drug-likeness (QED) is 0.371. The molecule has 0 atom stereocenters. The topological polar surface area (TPSA) is 88.7 Å². The van der Waals surface area contributed by atoms with Crippen molar-refractivity contribution in [2.45, 2.75) is 18.6 Å². The zero-order valence-corrected chi connectivity index (χ0v) is 15.9. The first kappa shape index (κ1) is 18.8. The summed E-state index contributed by atoms with van der Waals surface area (Å²) >= 11 is 1.36. The monoisotopic (exact) mass is 384 g/mol. The molecule has 0 fully saturated rings. The van der Waals surface area contributed by atoms with Gasteiger partial charge >= 0.3 is 0 Å². The van der Waals surface area contributed by atoms with E-state index < -0.39 is 0 Å². The number of phenolic OH excluding ortho intramolecular Hbond substituents is 1. The van der Waals surface area contributed by atoms with Gasteiger partial charge in [0.15, 0.2) is 16.7 Å². The number of benzene rings is 2. The maximum absolute atomic E-state index is 12.1. The number of carbonyl (C=O) groups excluding carboxylic acids is 1. The van der Waals surface area contributed by atoms with E-state index in [2.05, 4.69) is 20.1 Å². The highest BCUT2D eigenvalue weighted by Gasteiger charge is 2.11. The Morgan fingerprint density at radius 2 is 2.15 bits per heavy atom. The van der Waals surface area contributed by atoms with E-state index >= 15 is 0 Å². The van der Waals surface area contributed by atoms with Gasteiger partial charge in [-0.25, -0.2) is 10.4 Å². The summed E-state index contributed by atoms with van der Waals surface area (Å²) < 4.78 is 7.11. The van der Waals surface area contributed by atoms with Gasteiger partial charge in [-0.2, -0.15) is 5.10 Å². The number of carbonyl (C=O) groups is 1. The van der Waals surface area contributed by atoms with Crippen molar-refractivity contribution in [1.82, 2.24) is 15.0 Å². The van der Waals surface area contributed by atoms with E-state index in [1.54, 1.807) is 18.2 Å². The molecule has 3 rings (SSSR count). The Kier molecular flexibility index (Phi) is 5.97. The van der Waals surface area contributed by atoms with Crippen LogP contribution in [0, 0.1) is 0 Å². The zero-order valence-electron chi connectivity index (χ0n) is 15.0. The van der Waals surface area contributed by atoms with Crippen LogP contribution in [0.4, 0.5) is 0 Å². The van der Waals surface area contributed by atoms with Crippen molar-refractivity contribution in [3.8, 4) is 11.5 Å². The van der Waals surface area contributed by atoms with E-state index in [4.69, 9.17) is 4.74 Å². The Balaban J connectivity index is 1.61. The van der Waals surface area contributed by atoms with Gasteiger partial charge in [0, 0.05) is 12.1 Å². The Bertz CT molecular complexity index is 984. The van der Waals surface area contributed by atoms with E-state index in [1.165, 1.54) is 25.1 Å². The van der Waals surface area contributed by atoms with Crippen LogP contribution < -0.4 is 10.2 Å². The van der Waals surface area contributed by atoms with Gasteiger partial charge < -0.3 is 14.4 Å². The Morgan fingerprint density at radius 1 is 1.33 bits per heavy atom. The number of imidazole rings is 1. The molecule has 1 amide bonds. The number of methoxy groups -OCH3 is 1. The number of para-hydroxylation sites is 3. The van der Waals surface area contributed by atoms with E-state index in [9.17, 15) is 9.90 Å². The van der Waals surface area contributed by atoms with Crippen LogP contribution in [-0.2, 0) is 11.3 Å². The zero-order chi connectivity index (χ0) is 19.2. The molecular formula is C19H20N4O3S. The van der Waals surface area contributed by atoms with E-state index in [0.717, 1.165) is 22.7 Å². The molecule has 1 aromatic heterocycles. The molecule has 0 bridgehead atoms. The van der Waals surface area contributed by atoms with E-state index in [1.807, 2.05) is 31.2 Å². The van der Waals surface area contributed by atoms with Crippen LogP contribution in [0.5, 0.6) is 11.5 Å². The highest BCUT2D eigenvalue weighted by Crippen LogP contribution is 2.28. The second-order valence-corrected chi connectivity index (χ2v) is 6.55. The Hall–Kier alpha value is -3.00. The van der Waals surface area contributed by atoms with Crippen LogP contribution in [0.15, 0.2) is 52.7 Å². The fraction of sp³-hybridized carbons (Fsp3) is 0.211. The summed E-state index contributed by atoms with van der Waals surface area (Å²) in [5.74, 6) is 0.252. The number of phenols is 1. The molecule has 0 aliphatic heterocycles. The smallest absolute Gasteiger partial charge is 0.250 e. The summed E-state index contributed by atoms with van der Waals surface area (Å²) in [6, 6.07) is 12.9. The van der Waals surface area contributed by atoms with Crippen LogP contribution in [-0.4, -0.2) is 39.6 Å². The van der Waals surface area contributed by atoms with E-state index in [0.29, 0.717) is 11.3 Å². The SMILES string of the molecule is CCn1c(SCC(=O)N/N=C\c2cccc(OC)c2O)nc2ccccc21. The number of hydrogen-bond donors (Lipinski definition) is 2. The normalized spacial score (nSPS) is 11.2. The molecule has 0 saturated heterocycles. The molecule has 0 radical (unpaired) electrons. The predicted octanol–water partition coefficient (Wildman–Crippen LogP) is 3.01. The van der Waals surface area contributed by atoms with Crippen LogP contribution in [0.3, 0.4) is 0 Å². The second kappa shape index (κ2) is 8.59. The first-order valence-corrected chi connectivity index (χ1v) is 9.38. The highest BCUT2D eigenvalue weighted by molar-refractivity contribution is 7.99. The molecule has 140 valence electrons. The van der Waals surface area contributed by atoms with Gasteiger partial charge in [-0.3, -0.25) is 4.79 Å². The largest absolute Gasteiger partial charge is 0.504 e. The average molecular weight is 384 g/mol. The molecule has 0 spiro atoms. The van der Waals surface area contributed by atoms with Gasteiger partial charge in [-0.05, 0) is 31.2 Å². The first-order valence-electron chi connectivity index (χ1n) is 8.40. The molecule has 1 heterocycles. The molecule has 2 aromatic carbocycles. The van der Waals surface area contributed by atoms with E-state index in [-0.39, 0.29) is 17.4 Å². The number of aromatic nitrogens is 2. The molecule has 0 saturated carbocycles. The number of nitrogens with one attached hydrogen (secondary N) is 1. The fourth-order valence-corrected chi connectivity index (χ4v) is 3.48. The molecule has 0 unspecified atom stereocenters. The van der Waals surface area contributed by atoms with Crippen LogP contribution in [0.2, 0.25) is 0 Å². The number of amides is 1. The summed E-state index contributed by atoms with van der Waals surface area (Å²) in [6.45, 7) is 2.82. The third-order valence-corrected chi connectivity index (χ3v) is 4.89. The standard InChI is InChI=1S/C19H20N4O3S/c1-3-23-15-9-5-4-8-14(15)21-19(23)27-12-17(24)22-20-11-13-7-6-10-16(26-2)18(13)25/h4-11,25H,3,12H2,1-2H3,(H,22,24)/b20-11-. The molecule has 0 aliphatic carbocycles. The number of nitrogens with zero attached hydrogens (tertiary/aromatic N) is 3. The number of fused-ring (bicyclic) bond motifs is 1. The minimum atomic E-state index is -0.256. The third kappa shape index (κ3) is 4.22. The van der Waals surface area contributed by atoms with Crippen molar-refractivity contribution >= 4 is 34.9 Å². The number of aromatic hydroxyl groups is 1. The number of ether oxygens (including phenoxy) is 1. The van der Waals surface area contributed by atoms with Crippen molar-refractivity contribution in [3.05, 3.63) is 48.0 Å². The fourth-order valence-electron chi connectivity index (χ4n) is 2.61. The molecule has 7 nitrogen and oxygen atoms in total. The molecule has 8 heteroatoms. The van der Waals surface area contributed by atoms with Crippen molar-refractivity contribution in [1.29, 1.82) is 0 Å². The lowest BCUT2D eigenvalue weighted by atomic mass is 10.2. The minimum absolute atomic E-state index is 0.0240. The first-order chi connectivity index (χ1) is 13.1.